The molecule has 0 aliphatic carbocycles. The van der Waals surface area contributed by atoms with Crippen molar-refractivity contribution >= 4 is 11.8 Å². The molecular formula is C15H28N2O2. The molecule has 2 amide bonds. The number of likely N-dealkylation sites (tertiary alicyclic amines) is 1. The Bertz CT molecular complexity index is 328. The zero-order valence-electron chi connectivity index (χ0n) is 12.9. The van der Waals surface area contributed by atoms with Crippen molar-refractivity contribution in [1.82, 2.24) is 10.2 Å². The maximum absolute atomic E-state index is 12.4. The third-order valence-electron chi connectivity index (χ3n) is 3.93. The summed E-state index contributed by atoms with van der Waals surface area (Å²) in [5.41, 5.74) is 0. The van der Waals surface area contributed by atoms with Crippen LogP contribution in [-0.4, -0.2) is 35.3 Å². The van der Waals surface area contributed by atoms with Gasteiger partial charge in [0.1, 0.15) is 6.04 Å². The van der Waals surface area contributed by atoms with Gasteiger partial charge in [-0.3, -0.25) is 9.59 Å². The minimum atomic E-state index is -0.267. The minimum Gasteiger partial charge on any atom is -0.352 e. The van der Waals surface area contributed by atoms with Crippen LogP contribution in [0.5, 0.6) is 0 Å². The molecule has 1 heterocycles. The smallest absolute Gasteiger partial charge is 0.243 e. The topological polar surface area (TPSA) is 49.4 Å². The molecule has 1 fully saturated rings. The Morgan fingerprint density at radius 2 is 1.95 bits per heavy atom. The number of hydrogen-bond donors (Lipinski definition) is 1. The molecule has 19 heavy (non-hydrogen) atoms. The highest BCUT2D eigenvalue weighted by Gasteiger charge is 2.39. The molecule has 3 atom stereocenters. The normalized spacial score (nSPS) is 24.6. The fraction of sp³-hybridized carbons (Fsp3) is 0.867. The van der Waals surface area contributed by atoms with Gasteiger partial charge in [-0.05, 0) is 31.6 Å². The second-order valence-corrected chi connectivity index (χ2v) is 6.15. The van der Waals surface area contributed by atoms with Gasteiger partial charge in [-0.2, -0.15) is 0 Å². The van der Waals surface area contributed by atoms with Gasteiger partial charge in [0, 0.05) is 19.5 Å². The third kappa shape index (κ3) is 4.22. The lowest BCUT2D eigenvalue weighted by Gasteiger charge is -2.28. The fourth-order valence-corrected chi connectivity index (χ4v) is 3.09. The summed E-state index contributed by atoms with van der Waals surface area (Å²) < 4.78 is 0. The molecule has 1 rings (SSSR count). The van der Waals surface area contributed by atoms with E-state index in [4.69, 9.17) is 0 Å². The maximum Gasteiger partial charge on any atom is 0.243 e. The van der Waals surface area contributed by atoms with Crippen LogP contribution in [0.15, 0.2) is 0 Å². The van der Waals surface area contributed by atoms with Crippen LogP contribution in [0.1, 0.15) is 53.9 Å². The lowest BCUT2D eigenvalue weighted by Crippen LogP contribution is -2.50. The van der Waals surface area contributed by atoms with Gasteiger partial charge < -0.3 is 10.2 Å². The summed E-state index contributed by atoms with van der Waals surface area (Å²) in [5.74, 6) is 0.889. The van der Waals surface area contributed by atoms with Gasteiger partial charge in [0.15, 0.2) is 0 Å². The van der Waals surface area contributed by atoms with Crippen LogP contribution in [0, 0.1) is 11.8 Å². The number of rotatable bonds is 5. The van der Waals surface area contributed by atoms with E-state index < -0.39 is 0 Å². The van der Waals surface area contributed by atoms with E-state index in [0.717, 1.165) is 19.3 Å². The second kappa shape index (κ2) is 6.92. The van der Waals surface area contributed by atoms with Crippen molar-refractivity contribution < 1.29 is 9.59 Å². The highest BCUT2D eigenvalue weighted by atomic mass is 16.2. The van der Waals surface area contributed by atoms with Gasteiger partial charge in [-0.25, -0.2) is 0 Å². The number of hydrogen-bond acceptors (Lipinski definition) is 2. The Kier molecular flexibility index (Phi) is 5.83. The van der Waals surface area contributed by atoms with Crippen molar-refractivity contribution in [2.75, 3.05) is 6.54 Å². The molecule has 1 N–H and O–H groups in total. The summed E-state index contributed by atoms with van der Waals surface area (Å²) in [4.78, 5) is 25.8. The Hall–Kier alpha value is -1.06. The molecule has 110 valence electrons. The summed E-state index contributed by atoms with van der Waals surface area (Å²) in [6, 6.07) is -0.100. The van der Waals surface area contributed by atoms with E-state index >= 15 is 0 Å². The first-order valence-corrected chi connectivity index (χ1v) is 7.44. The summed E-state index contributed by atoms with van der Waals surface area (Å²) >= 11 is 0. The number of amides is 2. The van der Waals surface area contributed by atoms with E-state index in [0.29, 0.717) is 18.4 Å². The van der Waals surface area contributed by atoms with Crippen molar-refractivity contribution in [3.05, 3.63) is 0 Å². The summed E-state index contributed by atoms with van der Waals surface area (Å²) in [5, 5.41) is 3.07. The van der Waals surface area contributed by atoms with Gasteiger partial charge in [-0.15, -0.1) is 0 Å². The van der Waals surface area contributed by atoms with E-state index in [2.05, 4.69) is 26.1 Å². The molecule has 1 aliphatic heterocycles. The molecule has 0 radical (unpaired) electrons. The van der Waals surface area contributed by atoms with Crippen LogP contribution in [0.3, 0.4) is 0 Å². The first-order chi connectivity index (χ1) is 8.86. The highest BCUT2D eigenvalue weighted by molar-refractivity contribution is 5.88. The van der Waals surface area contributed by atoms with Crippen molar-refractivity contribution in [2.45, 2.75) is 66.0 Å². The van der Waals surface area contributed by atoms with Gasteiger partial charge in [0.2, 0.25) is 11.8 Å². The van der Waals surface area contributed by atoms with E-state index in [1.807, 2.05) is 6.92 Å². The van der Waals surface area contributed by atoms with Crippen LogP contribution >= 0.6 is 0 Å². The number of nitrogens with zero attached hydrogens (tertiary/aromatic N) is 1. The highest BCUT2D eigenvalue weighted by Crippen LogP contribution is 2.27. The predicted molar refractivity (Wildman–Crippen MR) is 76.6 cm³/mol. The molecule has 2 unspecified atom stereocenters. The largest absolute Gasteiger partial charge is 0.352 e. The summed E-state index contributed by atoms with van der Waals surface area (Å²) in [7, 11) is 0. The minimum absolute atomic E-state index is 0.00705. The molecule has 1 aliphatic rings. The molecule has 0 bridgehead atoms. The Morgan fingerprint density at radius 1 is 1.32 bits per heavy atom. The predicted octanol–water partition coefficient (Wildman–Crippen LogP) is 2.18. The van der Waals surface area contributed by atoms with Crippen molar-refractivity contribution in [2.24, 2.45) is 11.8 Å². The second-order valence-electron chi connectivity index (χ2n) is 6.15. The SMILES string of the molecule is CC[C@H]1CCN(C(C)=O)C1C(=O)NC(C)CC(C)C. The fourth-order valence-electron chi connectivity index (χ4n) is 3.09. The monoisotopic (exact) mass is 268 g/mol. The van der Waals surface area contributed by atoms with Crippen LogP contribution in [0.2, 0.25) is 0 Å². The average molecular weight is 268 g/mol. The third-order valence-corrected chi connectivity index (χ3v) is 3.93. The van der Waals surface area contributed by atoms with E-state index in [-0.39, 0.29) is 23.9 Å². The van der Waals surface area contributed by atoms with Crippen LogP contribution in [-0.2, 0) is 9.59 Å². The molecule has 0 aromatic carbocycles. The van der Waals surface area contributed by atoms with Gasteiger partial charge >= 0.3 is 0 Å². The zero-order valence-corrected chi connectivity index (χ0v) is 12.9. The summed E-state index contributed by atoms with van der Waals surface area (Å²) in [6.45, 7) is 10.7. The molecule has 4 nitrogen and oxygen atoms in total. The Balaban J connectivity index is 2.68. The first kappa shape index (κ1) is 16.0. The van der Waals surface area contributed by atoms with E-state index in [1.165, 1.54) is 0 Å². The van der Waals surface area contributed by atoms with Crippen LogP contribution in [0.4, 0.5) is 0 Å². The van der Waals surface area contributed by atoms with Gasteiger partial charge in [0.25, 0.3) is 0 Å². The molecule has 0 aromatic heterocycles. The average Bonchev–Trinajstić information content (AvgIpc) is 2.70. The number of carbonyl (C=O) groups excluding carboxylic acids is 2. The van der Waals surface area contributed by atoms with Gasteiger partial charge in [0.05, 0.1) is 0 Å². The van der Waals surface area contributed by atoms with Crippen LogP contribution < -0.4 is 5.32 Å². The maximum atomic E-state index is 12.4. The summed E-state index contributed by atoms with van der Waals surface area (Å²) in [6.07, 6.45) is 2.85. The number of nitrogens with one attached hydrogen (secondary N) is 1. The molecule has 0 spiro atoms. The molecule has 1 saturated heterocycles. The molecule has 4 heteroatoms. The van der Waals surface area contributed by atoms with Crippen molar-refractivity contribution in [1.29, 1.82) is 0 Å². The molecular weight excluding hydrogens is 240 g/mol. The van der Waals surface area contributed by atoms with E-state index in [1.54, 1.807) is 11.8 Å². The van der Waals surface area contributed by atoms with Crippen molar-refractivity contribution in [3.63, 3.8) is 0 Å². The van der Waals surface area contributed by atoms with E-state index in [9.17, 15) is 9.59 Å². The first-order valence-electron chi connectivity index (χ1n) is 7.44. The number of carbonyl (C=O) groups is 2. The lowest BCUT2D eigenvalue weighted by atomic mass is 9.96. The van der Waals surface area contributed by atoms with Crippen LogP contribution in [0.25, 0.3) is 0 Å². The molecule has 0 aromatic rings. The van der Waals surface area contributed by atoms with Gasteiger partial charge in [-0.1, -0.05) is 27.2 Å². The molecule has 0 saturated carbocycles. The Labute approximate surface area is 116 Å². The van der Waals surface area contributed by atoms with Crippen molar-refractivity contribution in [3.8, 4) is 0 Å². The lowest BCUT2D eigenvalue weighted by molar-refractivity contribution is -0.138. The quantitative estimate of drug-likeness (QED) is 0.831. The Morgan fingerprint density at radius 3 is 2.42 bits per heavy atom. The zero-order chi connectivity index (χ0) is 14.6. The standard InChI is InChI=1S/C15H28N2O2/c1-6-13-7-8-17(12(5)18)14(13)15(19)16-11(4)9-10(2)3/h10-11,13-14H,6-9H2,1-5H3,(H,16,19)/t11?,13-,14?/m0/s1.